The first-order chi connectivity index (χ1) is 20.4. The molecule has 0 aromatic carbocycles. The molecule has 2 aromatic heterocycles. The molecule has 1 aliphatic heterocycles. The van der Waals surface area contributed by atoms with Crippen LogP contribution >= 0.6 is 11.6 Å². The molecule has 0 saturated carbocycles. The van der Waals surface area contributed by atoms with E-state index in [1.165, 1.54) is 44.9 Å². The normalized spacial score (nSPS) is 16.9. The van der Waals surface area contributed by atoms with Gasteiger partial charge in [0.05, 0.1) is 11.9 Å². The largest absolute Gasteiger partial charge is 0.463 e. The Bertz CT molecular complexity index is 1280. The Balaban J connectivity index is 1.19. The van der Waals surface area contributed by atoms with Crippen molar-refractivity contribution in [2.24, 2.45) is 0 Å². The van der Waals surface area contributed by atoms with Crippen LogP contribution < -0.4 is 0 Å². The van der Waals surface area contributed by atoms with Gasteiger partial charge in [0, 0.05) is 13.0 Å². The topological polar surface area (TPSA) is 123 Å². The van der Waals surface area contributed by atoms with Crippen LogP contribution in [-0.2, 0) is 35.4 Å². The number of hydrogen-bond donors (Lipinski definition) is 0. The zero-order valence-electron chi connectivity index (χ0n) is 26.7. The van der Waals surface area contributed by atoms with Crippen LogP contribution in [0, 0.1) is 6.92 Å². The SMILES string of the molecule is Cc1nc2nc(Cl)nc(S(=O)(=O)C(C)C)c2n1CCCCCCCCCCCCCCCC(=O)OC[C@H]1COC(C)(C)O1. The predicted molar refractivity (Wildman–Crippen MR) is 168 cm³/mol. The summed E-state index contributed by atoms with van der Waals surface area (Å²) < 4.78 is 44.3. The van der Waals surface area contributed by atoms with E-state index in [0.717, 1.165) is 44.3 Å². The second-order valence-electron chi connectivity index (χ2n) is 12.4. The van der Waals surface area contributed by atoms with Crippen molar-refractivity contribution in [3.8, 4) is 0 Å². The number of unbranched alkanes of at least 4 members (excludes halogenated alkanes) is 12. The summed E-state index contributed by atoms with van der Waals surface area (Å²) in [6.07, 6.45) is 15.3. The quantitative estimate of drug-likeness (QED) is 0.0642. The molecule has 0 aliphatic carbocycles. The molecule has 0 bridgehead atoms. The van der Waals surface area contributed by atoms with Crippen LogP contribution in [0.5, 0.6) is 0 Å². The number of aryl methyl sites for hydroxylation is 2. The van der Waals surface area contributed by atoms with Gasteiger partial charge in [0.15, 0.2) is 26.3 Å². The molecule has 0 unspecified atom stereocenters. The zero-order valence-corrected chi connectivity index (χ0v) is 28.3. The fraction of sp³-hybridized carbons (Fsp3) is 0.806. The average Bonchev–Trinajstić information content (AvgIpc) is 3.45. The lowest BCUT2D eigenvalue weighted by molar-refractivity contribution is -0.158. The van der Waals surface area contributed by atoms with Crippen LogP contribution in [0.4, 0.5) is 0 Å². The lowest BCUT2D eigenvalue weighted by atomic mass is 10.0. The van der Waals surface area contributed by atoms with Crippen LogP contribution in [0.2, 0.25) is 5.28 Å². The van der Waals surface area contributed by atoms with Crippen molar-refractivity contribution in [2.45, 2.75) is 153 Å². The maximum Gasteiger partial charge on any atom is 0.305 e. The van der Waals surface area contributed by atoms with E-state index in [2.05, 4.69) is 15.0 Å². The molecule has 3 rings (SSSR count). The molecule has 0 radical (unpaired) electrons. The molecule has 0 spiro atoms. The number of rotatable bonds is 20. The van der Waals surface area contributed by atoms with Crippen molar-refractivity contribution >= 4 is 38.6 Å². The van der Waals surface area contributed by atoms with Gasteiger partial charge in [0.2, 0.25) is 5.28 Å². The number of fused-ring (bicyclic) bond motifs is 1. The third kappa shape index (κ3) is 11.2. The number of sulfone groups is 1. The Hall–Kier alpha value is -1.82. The van der Waals surface area contributed by atoms with Gasteiger partial charge in [-0.3, -0.25) is 4.79 Å². The molecule has 1 atom stereocenters. The molecule has 244 valence electrons. The van der Waals surface area contributed by atoms with Gasteiger partial charge in [-0.25, -0.2) is 18.4 Å². The van der Waals surface area contributed by atoms with E-state index in [9.17, 15) is 13.2 Å². The summed E-state index contributed by atoms with van der Waals surface area (Å²) in [4.78, 5) is 24.6. The molecule has 1 aliphatic rings. The first kappa shape index (κ1) is 35.7. The summed E-state index contributed by atoms with van der Waals surface area (Å²) in [6, 6.07) is 0. The molecule has 12 heteroatoms. The number of ether oxygens (including phenoxy) is 3. The van der Waals surface area contributed by atoms with Crippen LogP contribution in [0.3, 0.4) is 0 Å². The van der Waals surface area contributed by atoms with Crippen LogP contribution in [0.1, 0.15) is 123 Å². The van der Waals surface area contributed by atoms with E-state index in [-0.39, 0.29) is 29.0 Å². The van der Waals surface area contributed by atoms with Gasteiger partial charge in [-0.05, 0) is 59.1 Å². The molecule has 3 heterocycles. The lowest BCUT2D eigenvalue weighted by Gasteiger charge is -2.16. The Morgan fingerprint density at radius 2 is 1.51 bits per heavy atom. The number of esters is 1. The van der Waals surface area contributed by atoms with Gasteiger partial charge in [0.25, 0.3) is 0 Å². The van der Waals surface area contributed by atoms with Crippen molar-refractivity contribution in [3.05, 3.63) is 11.1 Å². The highest BCUT2D eigenvalue weighted by Crippen LogP contribution is 2.27. The third-order valence-corrected chi connectivity index (χ3v) is 10.1. The highest BCUT2D eigenvalue weighted by atomic mass is 35.5. The maximum absolute atomic E-state index is 12.9. The van der Waals surface area contributed by atoms with Gasteiger partial charge in [-0.2, -0.15) is 4.98 Å². The summed E-state index contributed by atoms with van der Waals surface area (Å²) in [5, 5.41) is -0.735. The first-order valence-corrected chi connectivity index (χ1v) is 17.9. The number of nitrogens with zero attached hydrogens (tertiary/aromatic N) is 4. The Labute approximate surface area is 262 Å². The minimum atomic E-state index is -3.62. The fourth-order valence-electron chi connectivity index (χ4n) is 5.37. The van der Waals surface area contributed by atoms with E-state index in [1.807, 2.05) is 25.3 Å². The summed E-state index contributed by atoms with van der Waals surface area (Å²) in [7, 11) is -3.62. The lowest BCUT2D eigenvalue weighted by Crippen LogP contribution is -2.25. The highest BCUT2D eigenvalue weighted by molar-refractivity contribution is 7.92. The van der Waals surface area contributed by atoms with Crippen LogP contribution in [0.25, 0.3) is 11.2 Å². The minimum absolute atomic E-state index is 0.0240. The summed E-state index contributed by atoms with van der Waals surface area (Å²) >= 11 is 6.02. The third-order valence-electron chi connectivity index (χ3n) is 7.88. The Morgan fingerprint density at radius 1 is 0.953 bits per heavy atom. The van der Waals surface area contributed by atoms with Crippen molar-refractivity contribution in [2.75, 3.05) is 13.2 Å². The van der Waals surface area contributed by atoms with Gasteiger partial charge in [0.1, 0.15) is 24.1 Å². The number of aromatic nitrogens is 4. The smallest absolute Gasteiger partial charge is 0.305 e. The summed E-state index contributed by atoms with van der Waals surface area (Å²) in [5.41, 5.74) is 0.797. The van der Waals surface area contributed by atoms with E-state index in [4.69, 9.17) is 25.8 Å². The van der Waals surface area contributed by atoms with Crippen LogP contribution in [0.15, 0.2) is 5.03 Å². The molecule has 1 saturated heterocycles. The molecule has 43 heavy (non-hydrogen) atoms. The number of imidazole rings is 1. The molecule has 10 nitrogen and oxygen atoms in total. The van der Waals surface area contributed by atoms with E-state index >= 15 is 0 Å². The average molecular weight is 643 g/mol. The molecule has 1 fully saturated rings. The van der Waals surface area contributed by atoms with Crippen molar-refractivity contribution in [1.82, 2.24) is 19.5 Å². The number of carbonyl (C=O) groups is 1. The van der Waals surface area contributed by atoms with Crippen molar-refractivity contribution in [3.63, 3.8) is 0 Å². The zero-order chi connectivity index (χ0) is 31.5. The minimum Gasteiger partial charge on any atom is -0.463 e. The monoisotopic (exact) mass is 642 g/mol. The maximum atomic E-state index is 12.9. The summed E-state index contributed by atoms with van der Waals surface area (Å²) in [5.74, 6) is -0.0126. The van der Waals surface area contributed by atoms with Crippen molar-refractivity contribution in [1.29, 1.82) is 0 Å². The molecule has 2 aromatic rings. The molecular weight excluding hydrogens is 592 g/mol. The number of hydrogen-bond acceptors (Lipinski definition) is 9. The van der Waals surface area contributed by atoms with Crippen LogP contribution in [-0.4, -0.2) is 64.3 Å². The molecule has 0 amide bonds. The number of carbonyl (C=O) groups excluding carboxylic acids is 1. The van der Waals surface area contributed by atoms with E-state index in [1.54, 1.807) is 13.8 Å². The van der Waals surface area contributed by atoms with Crippen molar-refractivity contribution < 1.29 is 27.4 Å². The van der Waals surface area contributed by atoms with Gasteiger partial charge in [-0.15, -0.1) is 0 Å². The molecule has 0 N–H and O–H groups in total. The van der Waals surface area contributed by atoms with E-state index < -0.39 is 20.9 Å². The first-order valence-electron chi connectivity index (χ1n) is 16.0. The molecular formula is C31H51ClN4O6S. The van der Waals surface area contributed by atoms with Gasteiger partial charge >= 0.3 is 5.97 Å². The highest BCUT2D eigenvalue weighted by Gasteiger charge is 2.33. The Kier molecular flexibility index (Phi) is 14.1. The fourth-order valence-corrected chi connectivity index (χ4v) is 6.72. The Morgan fingerprint density at radius 3 is 2.05 bits per heavy atom. The standard InChI is InChI=1S/C31H51ClN4O6S/c1-23(2)43(38,39)29-27-28(34-30(32)35-29)33-24(3)36(27)20-18-16-14-12-10-8-6-7-9-11-13-15-17-19-26(37)40-21-25-22-41-31(4,5)42-25/h23,25H,6-22H2,1-5H3/t25-/m0/s1. The van der Waals surface area contributed by atoms with Gasteiger partial charge < -0.3 is 18.8 Å². The summed E-state index contributed by atoms with van der Waals surface area (Å²) in [6.45, 7) is 10.3. The van der Waals surface area contributed by atoms with E-state index in [0.29, 0.717) is 30.7 Å². The second-order valence-corrected chi connectivity index (χ2v) is 15.1. The second kappa shape index (κ2) is 17.0. The van der Waals surface area contributed by atoms with Gasteiger partial charge in [-0.1, -0.05) is 70.6 Å². The number of halogens is 1. The predicted octanol–water partition coefficient (Wildman–Crippen LogP) is 7.13.